The van der Waals surface area contributed by atoms with Gasteiger partial charge in [-0.05, 0) is 30.2 Å². The normalized spacial score (nSPS) is 11.5. The predicted octanol–water partition coefficient (Wildman–Crippen LogP) is 1.95. The van der Waals surface area contributed by atoms with E-state index in [9.17, 15) is 18.4 Å². The highest BCUT2D eigenvalue weighted by Gasteiger charge is 2.38. The van der Waals surface area contributed by atoms with Crippen LogP contribution in [0.5, 0.6) is 0 Å². The second kappa shape index (κ2) is 6.41. The number of nitrogen functional groups attached to an aromatic ring is 1. The van der Waals surface area contributed by atoms with Crippen molar-refractivity contribution in [2.75, 3.05) is 5.84 Å². The lowest BCUT2D eigenvalue weighted by atomic mass is 10.1. The average Bonchev–Trinajstić information content (AvgIpc) is 2.87. The SMILES string of the molecule is CCc1nnc(Sc2nnc(C(F)(F)F)n2N)c(C#N)c1CC. The monoisotopic (exact) mass is 343 g/mol. The van der Waals surface area contributed by atoms with Gasteiger partial charge in [-0.25, -0.2) is 4.68 Å². The van der Waals surface area contributed by atoms with Gasteiger partial charge in [-0.2, -0.15) is 23.5 Å². The van der Waals surface area contributed by atoms with Crippen molar-refractivity contribution in [1.29, 1.82) is 5.26 Å². The molecule has 2 aromatic heterocycles. The number of aryl methyl sites for hydroxylation is 1. The van der Waals surface area contributed by atoms with Crippen molar-refractivity contribution >= 4 is 11.8 Å². The number of hydrogen-bond acceptors (Lipinski definition) is 7. The lowest BCUT2D eigenvalue weighted by Gasteiger charge is -2.10. The summed E-state index contributed by atoms with van der Waals surface area (Å²) in [5, 5.41) is 23.6. The summed E-state index contributed by atoms with van der Waals surface area (Å²) < 4.78 is 38.3. The Labute approximate surface area is 133 Å². The van der Waals surface area contributed by atoms with Gasteiger partial charge in [0.05, 0.1) is 11.3 Å². The summed E-state index contributed by atoms with van der Waals surface area (Å²) >= 11 is 0.719. The lowest BCUT2D eigenvalue weighted by Crippen LogP contribution is -2.21. The summed E-state index contributed by atoms with van der Waals surface area (Å²) in [7, 11) is 0. The van der Waals surface area contributed by atoms with E-state index in [4.69, 9.17) is 5.84 Å². The van der Waals surface area contributed by atoms with E-state index in [1.807, 2.05) is 19.9 Å². The molecule has 0 fully saturated rings. The molecule has 0 aliphatic carbocycles. The molecule has 0 aliphatic rings. The fraction of sp³-hybridized carbons (Fsp3) is 0.417. The molecule has 0 bridgehead atoms. The number of nitrogens with two attached hydrogens (primary N) is 1. The van der Waals surface area contributed by atoms with Crippen LogP contribution < -0.4 is 5.84 Å². The predicted molar refractivity (Wildman–Crippen MR) is 74.8 cm³/mol. The van der Waals surface area contributed by atoms with Crippen LogP contribution >= 0.6 is 11.8 Å². The molecule has 0 atom stereocenters. The Kier molecular flexibility index (Phi) is 4.74. The number of halogens is 3. The van der Waals surface area contributed by atoms with E-state index >= 15 is 0 Å². The smallest absolute Gasteiger partial charge is 0.335 e. The number of rotatable bonds is 4. The van der Waals surface area contributed by atoms with Crippen LogP contribution in [-0.2, 0) is 19.0 Å². The first-order valence-electron chi connectivity index (χ1n) is 6.57. The summed E-state index contributed by atoms with van der Waals surface area (Å²) in [6, 6.07) is 2.02. The molecule has 0 unspecified atom stereocenters. The van der Waals surface area contributed by atoms with Crippen LogP contribution in [0.1, 0.15) is 36.5 Å². The third kappa shape index (κ3) is 3.21. The Morgan fingerprint density at radius 2 is 1.87 bits per heavy atom. The zero-order valence-corrected chi connectivity index (χ0v) is 13.0. The first kappa shape index (κ1) is 17.0. The molecule has 0 amide bonds. The van der Waals surface area contributed by atoms with Crippen LogP contribution in [0, 0.1) is 11.3 Å². The molecule has 11 heteroatoms. The van der Waals surface area contributed by atoms with E-state index in [0.717, 1.165) is 11.8 Å². The molecule has 0 aliphatic heterocycles. The number of nitrogens with zero attached hydrogens (tertiary/aromatic N) is 6. The van der Waals surface area contributed by atoms with Gasteiger partial charge in [0.15, 0.2) is 0 Å². The molecule has 2 aromatic rings. The second-order valence-corrected chi connectivity index (χ2v) is 5.36. The van der Waals surface area contributed by atoms with Gasteiger partial charge in [0.25, 0.3) is 5.82 Å². The Hall–Kier alpha value is -2.35. The highest BCUT2D eigenvalue weighted by molar-refractivity contribution is 7.99. The number of nitriles is 1. The first-order chi connectivity index (χ1) is 10.8. The molecule has 0 spiro atoms. The van der Waals surface area contributed by atoms with Gasteiger partial charge in [-0.1, -0.05) is 13.8 Å². The topological polar surface area (TPSA) is 106 Å². The highest BCUT2D eigenvalue weighted by Crippen LogP contribution is 2.33. The van der Waals surface area contributed by atoms with Crippen LogP contribution in [0.3, 0.4) is 0 Å². The summed E-state index contributed by atoms with van der Waals surface area (Å²) in [6.07, 6.45) is -3.57. The van der Waals surface area contributed by atoms with E-state index in [1.165, 1.54) is 0 Å². The molecule has 23 heavy (non-hydrogen) atoms. The van der Waals surface area contributed by atoms with Crippen molar-refractivity contribution in [1.82, 2.24) is 25.1 Å². The number of alkyl halides is 3. The largest absolute Gasteiger partial charge is 0.453 e. The van der Waals surface area contributed by atoms with Gasteiger partial charge in [0.1, 0.15) is 11.1 Å². The standard InChI is InChI=1S/C12H12F3N7S/c1-3-6-7(5-16)9(19-18-8(6)4-2)23-11-21-20-10(22(11)17)12(13,14)15/h3-4,17H2,1-2H3. The Bertz CT molecular complexity index is 763. The van der Waals surface area contributed by atoms with Gasteiger partial charge in [-0.15, -0.1) is 15.3 Å². The van der Waals surface area contributed by atoms with E-state index in [-0.39, 0.29) is 15.7 Å². The van der Waals surface area contributed by atoms with Crippen molar-refractivity contribution in [3.05, 3.63) is 22.6 Å². The first-order valence-corrected chi connectivity index (χ1v) is 7.39. The molecule has 0 saturated carbocycles. The van der Waals surface area contributed by atoms with Crippen LogP contribution in [0.25, 0.3) is 0 Å². The zero-order valence-electron chi connectivity index (χ0n) is 12.2. The minimum atomic E-state index is -4.72. The van der Waals surface area contributed by atoms with E-state index in [0.29, 0.717) is 28.8 Å². The average molecular weight is 343 g/mol. The molecule has 122 valence electrons. The third-order valence-electron chi connectivity index (χ3n) is 3.03. The number of hydrogen-bond donors (Lipinski definition) is 1. The van der Waals surface area contributed by atoms with E-state index < -0.39 is 12.0 Å². The third-order valence-corrected chi connectivity index (χ3v) is 3.97. The summed E-state index contributed by atoms with van der Waals surface area (Å²) in [6.45, 7) is 3.74. The van der Waals surface area contributed by atoms with Crippen molar-refractivity contribution < 1.29 is 13.2 Å². The van der Waals surface area contributed by atoms with Crippen molar-refractivity contribution in [3.8, 4) is 6.07 Å². The van der Waals surface area contributed by atoms with Crippen molar-refractivity contribution in [3.63, 3.8) is 0 Å². The molecule has 7 nitrogen and oxygen atoms in total. The second-order valence-electron chi connectivity index (χ2n) is 4.40. The molecule has 0 radical (unpaired) electrons. The Morgan fingerprint density at radius 1 is 1.17 bits per heavy atom. The minimum absolute atomic E-state index is 0.148. The Balaban J connectivity index is 2.46. The Morgan fingerprint density at radius 3 is 2.35 bits per heavy atom. The van der Waals surface area contributed by atoms with Gasteiger partial charge in [0, 0.05) is 0 Å². The fourth-order valence-electron chi connectivity index (χ4n) is 1.97. The van der Waals surface area contributed by atoms with Crippen molar-refractivity contribution in [2.24, 2.45) is 0 Å². The lowest BCUT2D eigenvalue weighted by molar-refractivity contribution is -0.146. The van der Waals surface area contributed by atoms with Gasteiger partial charge < -0.3 is 5.84 Å². The maximum atomic E-state index is 12.7. The van der Waals surface area contributed by atoms with E-state index in [2.05, 4.69) is 20.4 Å². The molecule has 0 aromatic carbocycles. The summed E-state index contributed by atoms with van der Waals surface area (Å²) in [4.78, 5) is 0. The quantitative estimate of drug-likeness (QED) is 0.846. The minimum Gasteiger partial charge on any atom is -0.335 e. The number of aromatic nitrogens is 5. The van der Waals surface area contributed by atoms with Gasteiger partial charge in [-0.3, -0.25) is 0 Å². The summed E-state index contributed by atoms with van der Waals surface area (Å²) in [5.74, 6) is 4.05. The molecule has 2 heterocycles. The molecule has 0 saturated heterocycles. The molecule has 2 N–H and O–H groups in total. The van der Waals surface area contributed by atoms with E-state index in [1.54, 1.807) is 0 Å². The fourth-order valence-corrected chi connectivity index (χ4v) is 2.76. The summed E-state index contributed by atoms with van der Waals surface area (Å²) in [5.41, 5.74) is 1.66. The molecular formula is C12H12F3N7S. The molecular weight excluding hydrogens is 331 g/mol. The maximum Gasteiger partial charge on any atom is 0.453 e. The van der Waals surface area contributed by atoms with Crippen LogP contribution in [-0.4, -0.2) is 25.1 Å². The van der Waals surface area contributed by atoms with Crippen molar-refractivity contribution in [2.45, 2.75) is 43.0 Å². The molecule has 2 rings (SSSR count). The van der Waals surface area contributed by atoms with Crippen LogP contribution in [0.4, 0.5) is 13.2 Å². The van der Waals surface area contributed by atoms with Gasteiger partial charge >= 0.3 is 6.18 Å². The van der Waals surface area contributed by atoms with Gasteiger partial charge in [0.2, 0.25) is 5.16 Å². The van der Waals surface area contributed by atoms with Crippen LogP contribution in [0.15, 0.2) is 10.2 Å². The zero-order chi connectivity index (χ0) is 17.2. The van der Waals surface area contributed by atoms with Crippen LogP contribution in [0.2, 0.25) is 0 Å². The maximum absolute atomic E-state index is 12.7. The highest BCUT2D eigenvalue weighted by atomic mass is 32.2.